The Labute approximate surface area is 212 Å². The molecule has 1 aliphatic rings. The van der Waals surface area contributed by atoms with Gasteiger partial charge >= 0.3 is 0 Å². The van der Waals surface area contributed by atoms with Gasteiger partial charge in [-0.3, -0.25) is 4.98 Å². The Hall–Kier alpha value is -3.34. The summed E-state index contributed by atoms with van der Waals surface area (Å²) in [6, 6.07) is 10.9. The second kappa shape index (κ2) is 9.27. The van der Waals surface area contributed by atoms with Crippen LogP contribution >= 0.6 is 11.6 Å². The molecule has 2 aromatic carbocycles. The van der Waals surface area contributed by atoms with Crippen molar-refractivity contribution in [1.29, 1.82) is 0 Å². The molecular formula is C25H23ClFN5O3S. The van der Waals surface area contributed by atoms with E-state index >= 15 is 4.39 Å². The van der Waals surface area contributed by atoms with Gasteiger partial charge in [0.05, 0.1) is 27.5 Å². The van der Waals surface area contributed by atoms with Gasteiger partial charge in [-0.1, -0.05) is 28.9 Å². The van der Waals surface area contributed by atoms with E-state index in [0.717, 1.165) is 22.9 Å². The Balaban J connectivity index is 1.60. The number of anilines is 1. The van der Waals surface area contributed by atoms with Crippen molar-refractivity contribution in [3.8, 4) is 22.8 Å². The van der Waals surface area contributed by atoms with Gasteiger partial charge in [0.25, 0.3) is 5.89 Å². The van der Waals surface area contributed by atoms with E-state index in [-0.39, 0.29) is 34.5 Å². The summed E-state index contributed by atoms with van der Waals surface area (Å²) in [6.07, 6.45) is 1.62. The van der Waals surface area contributed by atoms with Crippen molar-refractivity contribution in [1.82, 2.24) is 15.1 Å². The van der Waals surface area contributed by atoms with Crippen molar-refractivity contribution >= 4 is 27.1 Å². The van der Waals surface area contributed by atoms with Crippen molar-refractivity contribution in [2.24, 2.45) is 5.73 Å². The fourth-order valence-electron chi connectivity index (χ4n) is 4.34. The van der Waals surface area contributed by atoms with E-state index in [1.54, 1.807) is 18.3 Å². The van der Waals surface area contributed by atoms with Crippen molar-refractivity contribution < 1.29 is 17.3 Å². The van der Waals surface area contributed by atoms with E-state index in [0.29, 0.717) is 22.8 Å². The molecule has 0 amide bonds. The summed E-state index contributed by atoms with van der Waals surface area (Å²) in [6.45, 7) is 4.37. The van der Waals surface area contributed by atoms with Crippen molar-refractivity contribution in [3.05, 3.63) is 76.3 Å². The highest BCUT2D eigenvalue weighted by molar-refractivity contribution is 7.91. The van der Waals surface area contributed by atoms with Crippen LogP contribution in [0.3, 0.4) is 0 Å². The van der Waals surface area contributed by atoms with Gasteiger partial charge in [-0.15, -0.1) is 0 Å². The largest absolute Gasteiger partial charge is 0.365 e. The maximum atomic E-state index is 15.3. The van der Waals surface area contributed by atoms with Gasteiger partial charge in [-0.2, -0.15) is 4.98 Å². The van der Waals surface area contributed by atoms with E-state index in [2.05, 4.69) is 15.1 Å². The minimum absolute atomic E-state index is 0.00246. The average Bonchev–Trinajstić information content (AvgIpc) is 3.26. The number of fused-ring (bicyclic) bond motifs is 1. The lowest BCUT2D eigenvalue weighted by molar-refractivity contribution is 0.431. The first-order valence-corrected chi connectivity index (χ1v) is 13.2. The van der Waals surface area contributed by atoms with E-state index in [1.807, 2.05) is 36.9 Å². The van der Waals surface area contributed by atoms with Crippen LogP contribution in [0.1, 0.15) is 16.8 Å². The maximum Gasteiger partial charge on any atom is 0.260 e. The highest BCUT2D eigenvalue weighted by atomic mass is 35.5. The normalized spacial score (nSPS) is 17.0. The molecule has 2 aromatic heterocycles. The number of hydrogen-bond acceptors (Lipinski definition) is 8. The van der Waals surface area contributed by atoms with Crippen molar-refractivity contribution in [2.75, 3.05) is 17.2 Å². The molecule has 5 rings (SSSR count). The topological polar surface area (TPSA) is 115 Å². The highest BCUT2D eigenvalue weighted by Crippen LogP contribution is 2.36. The zero-order valence-electron chi connectivity index (χ0n) is 19.6. The van der Waals surface area contributed by atoms with Crippen molar-refractivity contribution in [3.63, 3.8) is 0 Å². The Morgan fingerprint density at radius 2 is 1.92 bits per heavy atom. The minimum Gasteiger partial charge on any atom is -0.365 e. The quantitative estimate of drug-likeness (QED) is 0.417. The van der Waals surface area contributed by atoms with Gasteiger partial charge in [0, 0.05) is 36.0 Å². The molecule has 0 saturated heterocycles. The monoisotopic (exact) mass is 527 g/mol. The van der Waals surface area contributed by atoms with Gasteiger partial charge in [-0.25, -0.2) is 12.8 Å². The third-order valence-electron chi connectivity index (χ3n) is 6.04. The predicted octanol–water partition coefficient (Wildman–Crippen LogP) is 4.33. The molecule has 2 N–H and O–H groups in total. The molecule has 186 valence electrons. The number of nitrogens with zero attached hydrogens (tertiary/aromatic N) is 4. The van der Waals surface area contributed by atoms with Gasteiger partial charge < -0.3 is 15.2 Å². The van der Waals surface area contributed by atoms with Crippen molar-refractivity contribution in [2.45, 2.75) is 31.3 Å². The fraction of sp³-hybridized carbons (Fsp3) is 0.240. The van der Waals surface area contributed by atoms with Crippen LogP contribution in [0.25, 0.3) is 22.8 Å². The van der Waals surface area contributed by atoms with Crippen LogP contribution < -0.4 is 10.6 Å². The number of halogens is 2. The van der Waals surface area contributed by atoms with Crippen LogP contribution in [0.5, 0.6) is 0 Å². The van der Waals surface area contributed by atoms with Crippen LogP contribution in [0.2, 0.25) is 5.02 Å². The van der Waals surface area contributed by atoms with E-state index < -0.39 is 21.7 Å². The third-order valence-corrected chi connectivity index (χ3v) is 8.16. The summed E-state index contributed by atoms with van der Waals surface area (Å²) in [5, 5.41) is 4.56. The number of rotatable bonds is 4. The first-order valence-electron chi connectivity index (χ1n) is 11.2. The summed E-state index contributed by atoms with van der Waals surface area (Å²) >= 11 is 6.01. The number of benzene rings is 2. The first kappa shape index (κ1) is 24.4. The molecular weight excluding hydrogens is 505 g/mol. The van der Waals surface area contributed by atoms with Gasteiger partial charge in [-0.05, 0) is 55.3 Å². The number of aryl methyl sites for hydroxylation is 2. The molecule has 3 heterocycles. The summed E-state index contributed by atoms with van der Waals surface area (Å²) < 4.78 is 46.8. The first-order chi connectivity index (χ1) is 17.1. The molecule has 0 unspecified atom stereocenters. The third kappa shape index (κ3) is 4.71. The standard InChI is InChI=1S/C25H23ClFN5O3S/c1-14-7-15(2)29-10-20(14)25-30-24(31-35-25)19-8-22-23(9-21(19)27)36(33,34)13-18(28)12-32(22)11-16-3-5-17(26)6-4-16/h3-10,18H,11-13,28H2,1-2H3/t18-/m1/s1. The second-order valence-electron chi connectivity index (χ2n) is 8.91. The molecule has 0 radical (unpaired) electrons. The highest BCUT2D eigenvalue weighted by Gasteiger charge is 2.32. The molecule has 8 nitrogen and oxygen atoms in total. The minimum atomic E-state index is -3.83. The Morgan fingerprint density at radius 3 is 2.64 bits per heavy atom. The summed E-state index contributed by atoms with van der Waals surface area (Å²) in [5.41, 5.74) is 9.76. The number of hydrogen-bond donors (Lipinski definition) is 1. The zero-order valence-corrected chi connectivity index (χ0v) is 21.1. The average molecular weight is 528 g/mol. The fourth-order valence-corrected chi connectivity index (χ4v) is 6.10. The van der Waals surface area contributed by atoms with Gasteiger partial charge in [0.1, 0.15) is 5.82 Å². The molecule has 36 heavy (non-hydrogen) atoms. The smallest absolute Gasteiger partial charge is 0.260 e. The second-order valence-corrected chi connectivity index (χ2v) is 11.4. The SMILES string of the molecule is Cc1cc(C)c(-c2nc(-c3cc4c(cc3F)S(=O)(=O)C[C@H](N)CN4Cc3ccc(Cl)cc3)no2)cn1. The molecule has 0 spiro atoms. The Kier molecular flexibility index (Phi) is 6.27. The Bertz CT molecular complexity index is 1560. The van der Waals surface area contributed by atoms with Crippen LogP contribution in [0.4, 0.5) is 10.1 Å². The van der Waals surface area contributed by atoms with Crippen LogP contribution in [-0.2, 0) is 16.4 Å². The number of pyridine rings is 1. The van der Waals surface area contributed by atoms with Crippen LogP contribution in [-0.4, -0.2) is 41.9 Å². The Morgan fingerprint density at radius 1 is 1.17 bits per heavy atom. The molecule has 0 fully saturated rings. The summed E-state index contributed by atoms with van der Waals surface area (Å²) in [7, 11) is -3.83. The van der Waals surface area contributed by atoms with Crippen LogP contribution in [0.15, 0.2) is 58.1 Å². The van der Waals surface area contributed by atoms with E-state index in [1.165, 1.54) is 6.07 Å². The van der Waals surface area contributed by atoms with E-state index in [4.69, 9.17) is 21.9 Å². The molecule has 0 saturated carbocycles. The molecule has 11 heteroatoms. The summed E-state index contributed by atoms with van der Waals surface area (Å²) in [4.78, 5) is 10.4. The molecule has 1 atom stereocenters. The lowest BCUT2D eigenvalue weighted by Crippen LogP contribution is -2.39. The molecule has 1 aliphatic heterocycles. The lowest BCUT2D eigenvalue weighted by atomic mass is 10.1. The van der Waals surface area contributed by atoms with Crippen LogP contribution in [0, 0.1) is 19.7 Å². The van der Waals surface area contributed by atoms with E-state index in [9.17, 15) is 8.42 Å². The summed E-state index contributed by atoms with van der Waals surface area (Å²) in [5.74, 6) is -0.868. The number of nitrogens with two attached hydrogens (primary N) is 1. The number of sulfone groups is 1. The maximum absolute atomic E-state index is 15.3. The number of aromatic nitrogens is 3. The molecule has 4 aromatic rings. The van der Waals surface area contributed by atoms with Gasteiger partial charge in [0.15, 0.2) is 9.84 Å². The van der Waals surface area contributed by atoms with Gasteiger partial charge in [0.2, 0.25) is 5.82 Å². The lowest BCUT2D eigenvalue weighted by Gasteiger charge is -2.26. The molecule has 0 bridgehead atoms. The zero-order chi connectivity index (χ0) is 25.6. The predicted molar refractivity (Wildman–Crippen MR) is 135 cm³/mol. The molecule has 0 aliphatic carbocycles.